The number of rotatable bonds is 7. The van der Waals surface area contributed by atoms with Gasteiger partial charge in [0.05, 0.1) is 18.8 Å². The summed E-state index contributed by atoms with van der Waals surface area (Å²) in [5.41, 5.74) is -0.911. The van der Waals surface area contributed by atoms with Crippen molar-refractivity contribution in [3.63, 3.8) is 0 Å². The van der Waals surface area contributed by atoms with Gasteiger partial charge in [0.15, 0.2) is 5.13 Å². The number of ether oxygens (including phenoxy) is 1. The lowest BCUT2D eigenvalue weighted by molar-refractivity contribution is -0.137. The first-order valence-corrected chi connectivity index (χ1v) is 10.2. The number of morpholine rings is 1. The van der Waals surface area contributed by atoms with Crippen molar-refractivity contribution < 1.29 is 27.5 Å². The van der Waals surface area contributed by atoms with E-state index in [0.717, 1.165) is 68.8 Å². The lowest BCUT2D eigenvalue weighted by Gasteiger charge is -2.26. The van der Waals surface area contributed by atoms with Gasteiger partial charge in [0.1, 0.15) is 5.69 Å². The van der Waals surface area contributed by atoms with Crippen LogP contribution in [0.1, 0.15) is 32.8 Å². The van der Waals surface area contributed by atoms with E-state index in [-0.39, 0.29) is 22.3 Å². The maximum atomic E-state index is 12.8. The summed E-state index contributed by atoms with van der Waals surface area (Å²) in [7, 11) is 0. The summed E-state index contributed by atoms with van der Waals surface area (Å²) in [6.45, 7) is 4.56. The quantitative estimate of drug-likeness (QED) is 0.645. The summed E-state index contributed by atoms with van der Waals surface area (Å²) in [4.78, 5) is 30.7. The third-order valence-electron chi connectivity index (χ3n) is 4.45. The summed E-state index contributed by atoms with van der Waals surface area (Å²) in [6, 6.07) is 4.10. The van der Waals surface area contributed by atoms with Crippen LogP contribution in [-0.2, 0) is 10.9 Å². The van der Waals surface area contributed by atoms with Gasteiger partial charge in [-0.15, -0.1) is 11.3 Å². The van der Waals surface area contributed by atoms with Crippen LogP contribution in [0.5, 0.6) is 0 Å². The van der Waals surface area contributed by atoms with Crippen molar-refractivity contribution in [3.8, 4) is 0 Å². The summed E-state index contributed by atoms with van der Waals surface area (Å²) >= 11 is 1.02. The van der Waals surface area contributed by atoms with Crippen molar-refractivity contribution in [1.82, 2.24) is 15.2 Å². The average molecular weight is 442 g/mol. The molecule has 11 heteroatoms. The number of benzene rings is 1. The molecule has 1 fully saturated rings. The van der Waals surface area contributed by atoms with Crippen LogP contribution in [0.25, 0.3) is 0 Å². The molecule has 0 saturated carbocycles. The molecule has 2 amide bonds. The molecule has 0 aliphatic carbocycles. The zero-order valence-electron chi connectivity index (χ0n) is 16.0. The Morgan fingerprint density at radius 3 is 2.70 bits per heavy atom. The maximum Gasteiger partial charge on any atom is 0.416 e. The Kier molecular flexibility index (Phi) is 7.40. The van der Waals surface area contributed by atoms with Crippen molar-refractivity contribution in [2.24, 2.45) is 0 Å². The Hall–Kier alpha value is -2.50. The number of hydrogen-bond donors (Lipinski definition) is 2. The standard InChI is InChI=1S/C19H21F3N4O3S/c20-19(21,22)14-4-1-3-13(11-14)16(27)25-18-24-15(12-30-18)17(28)23-5-2-6-26-7-9-29-10-8-26/h1,3-4,11-12H,2,5-10H2,(H,23,28)(H,24,25,27). The van der Waals surface area contributed by atoms with Gasteiger partial charge >= 0.3 is 6.18 Å². The number of hydrogen-bond acceptors (Lipinski definition) is 6. The summed E-state index contributed by atoms with van der Waals surface area (Å²) in [5.74, 6) is -1.10. The first-order valence-electron chi connectivity index (χ1n) is 9.35. The van der Waals surface area contributed by atoms with Gasteiger partial charge in [0.25, 0.3) is 11.8 Å². The Morgan fingerprint density at radius 2 is 1.97 bits per heavy atom. The first-order chi connectivity index (χ1) is 14.3. The Balaban J connectivity index is 1.48. The van der Waals surface area contributed by atoms with Crippen LogP contribution in [-0.4, -0.2) is 61.1 Å². The molecule has 1 aromatic heterocycles. The number of aromatic nitrogens is 1. The monoisotopic (exact) mass is 442 g/mol. The molecule has 1 aromatic carbocycles. The molecule has 0 bridgehead atoms. The molecule has 1 saturated heterocycles. The highest BCUT2D eigenvalue weighted by Crippen LogP contribution is 2.29. The number of carbonyl (C=O) groups excluding carboxylic acids is 2. The van der Waals surface area contributed by atoms with E-state index in [4.69, 9.17) is 4.74 Å². The molecule has 0 atom stereocenters. The Bertz CT molecular complexity index is 882. The van der Waals surface area contributed by atoms with Crippen molar-refractivity contribution >= 4 is 28.3 Å². The highest BCUT2D eigenvalue weighted by atomic mass is 32.1. The first kappa shape index (κ1) is 22.2. The van der Waals surface area contributed by atoms with Crippen LogP contribution in [0.2, 0.25) is 0 Å². The lowest BCUT2D eigenvalue weighted by atomic mass is 10.1. The number of halogens is 3. The Labute approximate surface area is 175 Å². The number of amides is 2. The van der Waals surface area contributed by atoms with E-state index >= 15 is 0 Å². The van der Waals surface area contributed by atoms with E-state index in [0.29, 0.717) is 6.54 Å². The van der Waals surface area contributed by atoms with Crippen LogP contribution < -0.4 is 10.6 Å². The average Bonchev–Trinajstić information content (AvgIpc) is 3.20. The van der Waals surface area contributed by atoms with Gasteiger partial charge in [0.2, 0.25) is 0 Å². The number of nitrogens with zero attached hydrogens (tertiary/aromatic N) is 2. The molecule has 7 nitrogen and oxygen atoms in total. The number of carbonyl (C=O) groups is 2. The third kappa shape index (κ3) is 6.25. The molecule has 2 aromatic rings. The van der Waals surface area contributed by atoms with Gasteiger partial charge in [-0.3, -0.25) is 19.8 Å². The van der Waals surface area contributed by atoms with Crippen LogP contribution in [0.4, 0.5) is 18.3 Å². The van der Waals surface area contributed by atoms with Gasteiger partial charge in [0, 0.05) is 30.6 Å². The van der Waals surface area contributed by atoms with Crippen molar-refractivity contribution in [1.29, 1.82) is 0 Å². The molecule has 0 spiro atoms. The Morgan fingerprint density at radius 1 is 1.20 bits per heavy atom. The minimum absolute atomic E-state index is 0.135. The van der Waals surface area contributed by atoms with E-state index in [1.807, 2.05) is 0 Å². The van der Waals surface area contributed by atoms with Crippen LogP contribution >= 0.6 is 11.3 Å². The SMILES string of the molecule is O=C(Nc1nc(C(=O)NCCCN2CCOCC2)cs1)c1cccc(C(F)(F)F)c1. The predicted octanol–water partition coefficient (Wildman–Crippen LogP) is 2.87. The maximum absolute atomic E-state index is 12.8. The number of nitrogens with one attached hydrogen (secondary N) is 2. The number of alkyl halides is 3. The second-order valence-electron chi connectivity index (χ2n) is 6.63. The molecule has 1 aliphatic rings. The highest BCUT2D eigenvalue weighted by molar-refractivity contribution is 7.14. The molecule has 0 radical (unpaired) electrons. The molecular formula is C19H21F3N4O3S. The van der Waals surface area contributed by atoms with Gasteiger partial charge in [-0.05, 0) is 31.2 Å². The summed E-state index contributed by atoms with van der Waals surface area (Å²) in [5, 5.41) is 6.82. The normalized spacial score (nSPS) is 15.0. The fourth-order valence-corrected chi connectivity index (χ4v) is 3.55. The van der Waals surface area contributed by atoms with Crippen LogP contribution in [0.3, 0.4) is 0 Å². The number of thiazole rings is 1. The van der Waals surface area contributed by atoms with Crippen LogP contribution in [0.15, 0.2) is 29.6 Å². The van der Waals surface area contributed by atoms with Gasteiger partial charge in [-0.2, -0.15) is 13.2 Å². The summed E-state index contributed by atoms with van der Waals surface area (Å²) < 4.78 is 43.6. The zero-order chi connectivity index (χ0) is 21.6. The van der Waals surface area contributed by atoms with E-state index in [2.05, 4.69) is 20.5 Å². The molecule has 1 aliphatic heterocycles. The molecular weight excluding hydrogens is 421 g/mol. The molecule has 162 valence electrons. The molecule has 30 heavy (non-hydrogen) atoms. The van der Waals surface area contributed by atoms with Gasteiger partial charge in [-0.25, -0.2) is 4.98 Å². The lowest BCUT2D eigenvalue weighted by Crippen LogP contribution is -2.38. The third-order valence-corrected chi connectivity index (χ3v) is 5.21. The highest BCUT2D eigenvalue weighted by Gasteiger charge is 2.31. The second kappa shape index (κ2) is 10.0. The number of anilines is 1. The van der Waals surface area contributed by atoms with E-state index in [1.165, 1.54) is 11.4 Å². The van der Waals surface area contributed by atoms with Crippen molar-refractivity contribution in [2.45, 2.75) is 12.6 Å². The van der Waals surface area contributed by atoms with Gasteiger partial charge < -0.3 is 10.1 Å². The molecule has 2 N–H and O–H groups in total. The zero-order valence-corrected chi connectivity index (χ0v) is 16.8. The second-order valence-corrected chi connectivity index (χ2v) is 7.49. The smallest absolute Gasteiger partial charge is 0.379 e. The minimum atomic E-state index is -4.54. The fraction of sp³-hybridized carbons (Fsp3) is 0.421. The molecule has 2 heterocycles. The van der Waals surface area contributed by atoms with Gasteiger partial charge in [-0.1, -0.05) is 6.07 Å². The van der Waals surface area contributed by atoms with E-state index < -0.39 is 17.6 Å². The van der Waals surface area contributed by atoms with Crippen LogP contribution in [0, 0.1) is 0 Å². The van der Waals surface area contributed by atoms with E-state index in [1.54, 1.807) is 0 Å². The van der Waals surface area contributed by atoms with Crippen molar-refractivity contribution in [3.05, 3.63) is 46.5 Å². The minimum Gasteiger partial charge on any atom is -0.379 e. The molecule has 3 rings (SSSR count). The van der Waals surface area contributed by atoms with E-state index in [9.17, 15) is 22.8 Å². The molecule has 0 unspecified atom stereocenters. The largest absolute Gasteiger partial charge is 0.416 e. The topological polar surface area (TPSA) is 83.6 Å². The predicted molar refractivity (Wildman–Crippen MR) is 106 cm³/mol. The fourth-order valence-electron chi connectivity index (χ4n) is 2.86. The van der Waals surface area contributed by atoms with Crippen molar-refractivity contribution in [2.75, 3.05) is 44.7 Å². The summed E-state index contributed by atoms with van der Waals surface area (Å²) in [6.07, 6.45) is -3.75.